The van der Waals surface area contributed by atoms with Crippen LogP contribution >= 0.6 is 24.0 Å². The van der Waals surface area contributed by atoms with E-state index in [0.717, 1.165) is 43.1 Å². The van der Waals surface area contributed by atoms with Gasteiger partial charge >= 0.3 is 0 Å². The minimum atomic E-state index is -3.09. The molecule has 0 unspecified atom stereocenters. The fourth-order valence-electron chi connectivity index (χ4n) is 3.40. The number of benzene rings is 1. The topological polar surface area (TPSA) is 99.8 Å². The molecule has 1 aliphatic heterocycles. The standard InChI is InChI=1S/C21H31N5O3S.HI/c1-4-22-21(23-13-17-9-11-26(12-10-17)30(3,27)28)24-14-19-15-29-20(25-19)18-7-5-16(2)6-8-18;/h5-8,15,17H,4,9-14H2,1-3H3,(H2,22,23,24);1H. The second kappa shape index (κ2) is 11.8. The van der Waals surface area contributed by atoms with Gasteiger partial charge in [0.2, 0.25) is 15.9 Å². The van der Waals surface area contributed by atoms with Gasteiger partial charge < -0.3 is 15.1 Å². The number of nitrogens with one attached hydrogen (secondary N) is 2. The molecule has 172 valence electrons. The molecule has 1 aromatic heterocycles. The SMILES string of the molecule is CCNC(=NCc1coc(-c2ccc(C)cc2)n1)NCC1CCN(S(C)(=O)=O)CC1.I. The highest BCUT2D eigenvalue weighted by Crippen LogP contribution is 2.20. The molecule has 3 rings (SSSR count). The van der Waals surface area contributed by atoms with Gasteiger partial charge in [-0.2, -0.15) is 0 Å². The van der Waals surface area contributed by atoms with Gasteiger partial charge in [-0.3, -0.25) is 0 Å². The number of hydrogen-bond acceptors (Lipinski definition) is 5. The number of rotatable bonds is 7. The van der Waals surface area contributed by atoms with Crippen molar-refractivity contribution in [2.24, 2.45) is 10.9 Å². The number of aliphatic imine (C=N–C) groups is 1. The second-order valence-corrected chi connectivity index (χ2v) is 9.67. The van der Waals surface area contributed by atoms with Crippen molar-refractivity contribution < 1.29 is 12.8 Å². The van der Waals surface area contributed by atoms with Gasteiger partial charge in [-0.25, -0.2) is 22.7 Å². The summed E-state index contributed by atoms with van der Waals surface area (Å²) in [5.41, 5.74) is 2.91. The van der Waals surface area contributed by atoms with E-state index in [1.165, 1.54) is 11.8 Å². The maximum atomic E-state index is 11.6. The molecule has 10 heteroatoms. The largest absolute Gasteiger partial charge is 0.444 e. The van der Waals surface area contributed by atoms with E-state index in [1.807, 2.05) is 38.1 Å². The van der Waals surface area contributed by atoms with Crippen molar-refractivity contribution >= 4 is 40.0 Å². The molecule has 1 aromatic carbocycles. The summed E-state index contributed by atoms with van der Waals surface area (Å²) in [6.07, 6.45) is 4.62. The molecule has 0 spiro atoms. The number of sulfonamides is 1. The maximum Gasteiger partial charge on any atom is 0.226 e. The number of hydrogen-bond donors (Lipinski definition) is 2. The van der Waals surface area contributed by atoms with Crippen LogP contribution in [0, 0.1) is 12.8 Å². The molecule has 2 N–H and O–H groups in total. The third kappa shape index (κ3) is 7.76. The molecular formula is C21H32IN5O3S. The second-order valence-electron chi connectivity index (χ2n) is 7.69. The van der Waals surface area contributed by atoms with Crippen LogP contribution in [-0.4, -0.2) is 56.1 Å². The van der Waals surface area contributed by atoms with Crippen LogP contribution in [0.1, 0.15) is 31.0 Å². The first-order chi connectivity index (χ1) is 14.3. The van der Waals surface area contributed by atoms with E-state index in [0.29, 0.717) is 31.4 Å². The fraction of sp³-hybridized carbons (Fsp3) is 0.524. The van der Waals surface area contributed by atoms with Crippen molar-refractivity contribution in [3.05, 3.63) is 41.8 Å². The number of halogens is 1. The highest BCUT2D eigenvalue weighted by atomic mass is 127. The summed E-state index contributed by atoms with van der Waals surface area (Å²) >= 11 is 0. The zero-order valence-corrected chi connectivity index (χ0v) is 21.4. The molecule has 2 heterocycles. The Morgan fingerprint density at radius 1 is 1.23 bits per heavy atom. The molecule has 8 nitrogen and oxygen atoms in total. The summed E-state index contributed by atoms with van der Waals surface area (Å²) in [6, 6.07) is 8.06. The molecule has 0 atom stereocenters. The lowest BCUT2D eigenvalue weighted by molar-refractivity contribution is 0.275. The Kier molecular flexibility index (Phi) is 9.76. The van der Waals surface area contributed by atoms with Crippen LogP contribution in [0.3, 0.4) is 0 Å². The third-order valence-corrected chi connectivity index (χ3v) is 6.50. The molecular weight excluding hydrogens is 529 g/mol. The normalized spacial score (nSPS) is 16.0. The summed E-state index contributed by atoms with van der Waals surface area (Å²) in [6.45, 7) is 7.16. The summed E-state index contributed by atoms with van der Waals surface area (Å²) in [7, 11) is -3.09. The van der Waals surface area contributed by atoms with E-state index in [9.17, 15) is 8.42 Å². The Bertz CT molecular complexity index is 952. The minimum absolute atomic E-state index is 0. The van der Waals surface area contributed by atoms with E-state index >= 15 is 0 Å². The summed E-state index contributed by atoms with van der Waals surface area (Å²) in [5.74, 6) is 1.74. The minimum Gasteiger partial charge on any atom is -0.444 e. The van der Waals surface area contributed by atoms with Gasteiger partial charge in [-0.15, -0.1) is 24.0 Å². The van der Waals surface area contributed by atoms with Crippen molar-refractivity contribution in [3.63, 3.8) is 0 Å². The molecule has 2 aromatic rings. The average molecular weight is 561 g/mol. The average Bonchev–Trinajstić information content (AvgIpc) is 3.19. The van der Waals surface area contributed by atoms with Crippen LogP contribution in [0.2, 0.25) is 0 Å². The van der Waals surface area contributed by atoms with Crippen LogP contribution in [0.4, 0.5) is 0 Å². The van der Waals surface area contributed by atoms with Crippen molar-refractivity contribution in [3.8, 4) is 11.5 Å². The first kappa shape index (κ1) is 25.6. The smallest absolute Gasteiger partial charge is 0.226 e. The first-order valence-corrected chi connectivity index (χ1v) is 12.2. The van der Waals surface area contributed by atoms with E-state index in [-0.39, 0.29) is 24.0 Å². The fourth-order valence-corrected chi connectivity index (χ4v) is 4.27. The Morgan fingerprint density at radius 2 is 1.90 bits per heavy atom. The zero-order chi connectivity index (χ0) is 21.6. The highest BCUT2D eigenvalue weighted by molar-refractivity contribution is 14.0. The molecule has 31 heavy (non-hydrogen) atoms. The van der Waals surface area contributed by atoms with Crippen LogP contribution in [0.25, 0.3) is 11.5 Å². The predicted octanol–water partition coefficient (Wildman–Crippen LogP) is 2.99. The predicted molar refractivity (Wildman–Crippen MR) is 134 cm³/mol. The maximum absolute atomic E-state index is 11.6. The number of guanidine groups is 1. The monoisotopic (exact) mass is 561 g/mol. The van der Waals surface area contributed by atoms with Gasteiger partial charge in [0.05, 0.1) is 12.8 Å². The number of nitrogens with zero attached hydrogens (tertiary/aromatic N) is 3. The lowest BCUT2D eigenvalue weighted by Crippen LogP contribution is -2.44. The lowest BCUT2D eigenvalue weighted by Gasteiger charge is -2.30. The lowest BCUT2D eigenvalue weighted by atomic mass is 9.98. The molecule has 0 bridgehead atoms. The van der Waals surface area contributed by atoms with E-state index in [4.69, 9.17) is 4.42 Å². The zero-order valence-electron chi connectivity index (χ0n) is 18.3. The van der Waals surface area contributed by atoms with Gasteiger partial charge in [0.25, 0.3) is 0 Å². The van der Waals surface area contributed by atoms with E-state index in [2.05, 4.69) is 20.6 Å². The van der Waals surface area contributed by atoms with Crippen molar-refractivity contribution in [2.75, 3.05) is 32.4 Å². The summed E-state index contributed by atoms with van der Waals surface area (Å²) in [4.78, 5) is 9.14. The summed E-state index contributed by atoms with van der Waals surface area (Å²) in [5, 5.41) is 6.62. The Labute approximate surface area is 202 Å². The highest BCUT2D eigenvalue weighted by Gasteiger charge is 2.24. The molecule has 0 aliphatic carbocycles. The number of oxazole rings is 1. The van der Waals surface area contributed by atoms with E-state index in [1.54, 1.807) is 10.6 Å². The number of aryl methyl sites for hydroxylation is 1. The van der Waals surface area contributed by atoms with Crippen LogP contribution < -0.4 is 10.6 Å². The van der Waals surface area contributed by atoms with Gasteiger partial charge in [-0.1, -0.05) is 17.7 Å². The molecule has 1 aliphatic rings. The van der Waals surface area contributed by atoms with Crippen molar-refractivity contribution in [1.82, 2.24) is 19.9 Å². The van der Waals surface area contributed by atoms with Gasteiger partial charge in [0.1, 0.15) is 12.0 Å². The molecule has 0 radical (unpaired) electrons. The Morgan fingerprint density at radius 3 is 2.52 bits per heavy atom. The van der Waals surface area contributed by atoms with Crippen molar-refractivity contribution in [1.29, 1.82) is 0 Å². The van der Waals surface area contributed by atoms with Gasteiger partial charge in [0, 0.05) is 31.7 Å². The molecule has 0 amide bonds. The Balaban J connectivity index is 0.00000341. The van der Waals surface area contributed by atoms with Crippen LogP contribution in [0.5, 0.6) is 0 Å². The quantitative estimate of drug-likeness (QED) is 0.307. The molecule has 1 saturated heterocycles. The van der Waals surface area contributed by atoms with Gasteiger partial charge in [-0.05, 0) is 44.7 Å². The third-order valence-electron chi connectivity index (χ3n) is 5.19. The molecule has 0 saturated carbocycles. The summed E-state index contributed by atoms with van der Waals surface area (Å²) < 4.78 is 30.4. The number of aromatic nitrogens is 1. The number of piperidine rings is 1. The first-order valence-electron chi connectivity index (χ1n) is 10.3. The van der Waals surface area contributed by atoms with Crippen LogP contribution in [-0.2, 0) is 16.6 Å². The van der Waals surface area contributed by atoms with Crippen LogP contribution in [0.15, 0.2) is 39.9 Å². The Hall–Kier alpha value is -1.66. The van der Waals surface area contributed by atoms with Gasteiger partial charge in [0.15, 0.2) is 5.96 Å². The van der Waals surface area contributed by atoms with Crippen molar-refractivity contribution in [2.45, 2.75) is 33.2 Å². The van der Waals surface area contributed by atoms with E-state index < -0.39 is 10.0 Å². The molecule has 1 fully saturated rings.